The Morgan fingerprint density at radius 3 is 2.61 bits per heavy atom. The number of aromatic nitrogens is 4. The van der Waals surface area contributed by atoms with Crippen LogP contribution in [0, 0.1) is 12.7 Å². The van der Waals surface area contributed by atoms with Crippen LogP contribution in [0.4, 0.5) is 4.39 Å². The van der Waals surface area contributed by atoms with Crippen LogP contribution < -0.4 is 10.3 Å². The van der Waals surface area contributed by atoms with E-state index in [1.54, 1.807) is 31.6 Å². The summed E-state index contributed by atoms with van der Waals surface area (Å²) in [5.41, 5.74) is 3.40. The molecular weight excluding hydrogens is 423 g/mol. The molecule has 1 unspecified atom stereocenters. The molecule has 0 N–H and O–H groups in total. The zero-order chi connectivity index (χ0) is 23.1. The number of hydrogen-bond donors (Lipinski definition) is 0. The first-order chi connectivity index (χ1) is 15.9. The predicted octanol–water partition coefficient (Wildman–Crippen LogP) is 4.91. The fourth-order valence-corrected chi connectivity index (χ4v) is 3.86. The number of benzene rings is 2. The van der Waals surface area contributed by atoms with E-state index in [2.05, 4.69) is 10.1 Å². The molecular formula is C25H21FN4O3. The minimum atomic E-state index is -0.362. The van der Waals surface area contributed by atoms with Crippen LogP contribution in [0.15, 0.2) is 76.5 Å². The van der Waals surface area contributed by atoms with Gasteiger partial charge in [0.25, 0.3) is 5.56 Å². The Hall–Kier alpha value is -4.20. The number of imidazole rings is 1. The molecule has 0 fully saturated rings. The van der Waals surface area contributed by atoms with Gasteiger partial charge in [0.15, 0.2) is 5.58 Å². The zero-order valence-corrected chi connectivity index (χ0v) is 18.3. The van der Waals surface area contributed by atoms with Gasteiger partial charge in [0.1, 0.15) is 17.3 Å². The van der Waals surface area contributed by atoms with Crippen LogP contribution in [0.2, 0.25) is 0 Å². The van der Waals surface area contributed by atoms with Gasteiger partial charge in [-0.2, -0.15) is 5.10 Å². The molecule has 5 rings (SSSR count). The molecule has 2 aromatic carbocycles. The van der Waals surface area contributed by atoms with Crippen molar-refractivity contribution in [3.63, 3.8) is 0 Å². The predicted molar refractivity (Wildman–Crippen MR) is 122 cm³/mol. The number of hydrogen-bond acceptors (Lipinski definition) is 5. The van der Waals surface area contributed by atoms with Gasteiger partial charge in [-0.1, -0.05) is 12.1 Å². The molecule has 7 nitrogen and oxygen atoms in total. The molecule has 0 amide bonds. The van der Waals surface area contributed by atoms with E-state index in [0.717, 1.165) is 22.5 Å². The molecule has 0 spiro atoms. The van der Waals surface area contributed by atoms with Gasteiger partial charge in [-0.3, -0.25) is 4.79 Å². The van der Waals surface area contributed by atoms with Gasteiger partial charge in [-0.25, -0.2) is 14.1 Å². The van der Waals surface area contributed by atoms with Gasteiger partial charge < -0.3 is 13.7 Å². The smallest absolute Gasteiger partial charge is 0.278 e. The van der Waals surface area contributed by atoms with Crippen molar-refractivity contribution in [1.29, 1.82) is 0 Å². The van der Waals surface area contributed by atoms with E-state index in [0.29, 0.717) is 22.5 Å². The monoisotopic (exact) mass is 444 g/mol. The lowest BCUT2D eigenvalue weighted by atomic mass is 10.1. The number of furan rings is 1. The molecule has 0 aliphatic rings. The van der Waals surface area contributed by atoms with Crippen molar-refractivity contribution in [3.05, 3.63) is 94.7 Å². The lowest BCUT2D eigenvalue weighted by molar-refractivity contribution is 0.413. The first kappa shape index (κ1) is 20.7. The largest absolute Gasteiger partial charge is 0.495 e. The third kappa shape index (κ3) is 3.69. The Bertz CT molecular complexity index is 1520. The number of rotatable bonds is 5. The fraction of sp³-hybridized carbons (Fsp3) is 0.160. The molecule has 166 valence electrons. The second-order valence-electron chi connectivity index (χ2n) is 7.82. The van der Waals surface area contributed by atoms with Crippen LogP contribution in [0.1, 0.15) is 24.2 Å². The third-order valence-electron chi connectivity index (χ3n) is 5.67. The molecule has 0 saturated carbocycles. The molecule has 0 radical (unpaired) electrons. The molecule has 0 aliphatic carbocycles. The van der Waals surface area contributed by atoms with E-state index in [9.17, 15) is 9.18 Å². The highest BCUT2D eigenvalue weighted by molar-refractivity contribution is 5.82. The van der Waals surface area contributed by atoms with Gasteiger partial charge in [0.05, 0.1) is 42.4 Å². The fourth-order valence-electron chi connectivity index (χ4n) is 3.86. The summed E-state index contributed by atoms with van der Waals surface area (Å²) < 4.78 is 28.1. The first-order valence-corrected chi connectivity index (χ1v) is 10.4. The Morgan fingerprint density at radius 2 is 1.91 bits per heavy atom. The number of aryl methyl sites for hydroxylation is 1. The Morgan fingerprint density at radius 1 is 1.12 bits per heavy atom. The Balaban J connectivity index is 1.54. The van der Waals surface area contributed by atoms with Crippen LogP contribution in [0.5, 0.6) is 5.75 Å². The highest BCUT2D eigenvalue weighted by atomic mass is 19.1. The topological polar surface area (TPSA) is 75.1 Å². The number of ether oxygens (including phenoxy) is 1. The molecule has 0 saturated heterocycles. The van der Waals surface area contributed by atoms with Crippen LogP contribution in [0.25, 0.3) is 28.0 Å². The first-order valence-electron chi connectivity index (χ1n) is 10.4. The minimum absolute atomic E-state index is 0.281. The van der Waals surface area contributed by atoms with E-state index in [1.165, 1.54) is 23.0 Å². The summed E-state index contributed by atoms with van der Waals surface area (Å²) in [6.45, 7) is 3.76. The maximum Gasteiger partial charge on any atom is 0.278 e. The van der Waals surface area contributed by atoms with Crippen molar-refractivity contribution in [3.8, 4) is 22.8 Å². The molecule has 33 heavy (non-hydrogen) atoms. The van der Waals surface area contributed by atoms with Crippen molar-refractivity contribution >= 4 is 11.0 Å². The van der Waals surface area contributed by atoms with Crippen LogP contribution in [0.3, 0.4) is 0 Å². The second kappa shape index (κ2) is 8.05. The van der Waals surface area contributed by atoms with Crippen LogP contribution >= 0.6 is 0 Å². The number of nitrogens with zero attached hydrogens (tertiary/aromatic N) is 4. The van der Waals surface area contributed by atoms with E-state index in [1.807, 2.05) is 42.8 Å². The summed E-state index contributed by atoms with van der Waals surface area (Å²) in [5.74, 6) is 0.847. The van der Waals surface area contributed by atoms with Crippen molar-refractivity contribution in [2.75, 3.05) is 7.11 Å². The average molecular weight is 444 g/mol. The van der Waals surface area contributed by atoms with Crippen LogP contribution in [-0.4, -0.2) is 26.4 Å². The Kier molecular flexibility index (Phi) is 5.05. The van der Waals surface area contributed by atoms with Crippen LogP contribution in [-0.2, 0) is 0 Å². The van der Waals surface area contributed by atoms with Gasteiger partial charge in [0.2, 0.25) is 0 Å². The molecule has 0 aliphatic heterocycles. The molecule has 8 heteroatoms. The van der Waals surface area contributed by atoms with E-state index >= 15 is 0 Å². The SMILES string of the molecule is COc1cc(-c2cc3c(=O)n(C(C)c4ccc(F)cc4)ncc3o2)ccc1-n1cnc(C)c1. The van der Waals surface area contributed by atoms with E-state index in [4.69, 9.17) is 9.15 Å². The normalized spacial score (nSPS) is 12.2. The summed E-state index contributed by atoms with van der Waals surface area (Å²) in [6, 6.07) is 13.1. The number of fused-ring (bicyclic) bond motifs is 1. The maximum absolute atomic E-state index is 13.3. The maximum atomic E-state index is 13.3. The molecule has 1 atom stereocenters. The summed E-state index contributed by atoms with van der Waals surface area (Å²) in [5, 5.41) is 4.70. The highest BCUT2D eigenvalue weighted by Crippen LogP contribution is 2.32. The number of halogens is 1. The summed E-state index contributed by atoms with van der Waals surface area (Å²) in [7, 11) is 1.60. The third-order valence-corrected chi connectivity index (χ3v) is 5.67. The van der Waals surface area contributed by atoms with Gasteiger partial charge >= 0.3 is 0 Å². The van der Waals surface area contributed by atoms with Crippen molar-refractivity contribution in [1.82, 2.24) is 19.3 Å². The van der Waals surface area contributed by atoms with Crippen molar-refractivity contribution in [2.45, 2.75) is 19.9 Å². The molecule has 3 heterocycles. The van der Waals surface area contributed by atoms with Crippen molar-refractivity contribution < 1.29 is 13.5 Å². The molecule has 0 bridgehead atoms. The van der Waals surface area contributed by atoms with Gasteiger partial charge in [-0.05, 0) is 55.8 Å². The minimum Gasteiger partial charge on any atom is -0.495 e. The van der Waals surface area contributed by atoms with E-state index in [-0.39, 0.29) is 17.4 Å². The van der Waals surface area contributed by atoms with E-state index < -0.39 is 0 Å². The van der Waals surface area contributed by atoms with Gasteiger partial charge in [-0.15, -0.1) is 0 Å². The lowest BCUT2D eigenvalue weighted by Crippen LogP contribution is -2.26. The molecule has 5 aromatic rings. The van der Waals surface area contributed by atoms with Crippen molar-refractivity contribution in [2.24, 2.45) is 0 Å². The second-order valence-corrected chi connectivity index (χ2v) is 7.82. The standard InChI is InChI=1S/C25H21FN4O3/c1-15-13-29(14-27-15)21-9-6-18(10-23(21)32-3)22-11-20-24(33-22)12-28-30(25(20)31)16(2)17-4-7-19(26)8-5-17/h4-14,16H,1-3H3. The summed E-state index contributed by atoms with van der Waals surface area (Å²) >= 11 is 0. The lowest BCUT2D eigenvalue weighted by Gasteiger charge is -2.13. The molecule has 3 aromatic heterocycles. The highest BCUT2D eigenvalue weighted by Gasteiger charge is 2.17. The average Bonchev–Trinajstić information content (AvgIpc) is 3.46. The number of methoxy groups -OCH3 is 1. The zero-order valence-electron chi connectivity index (χ0n) is 18.3. The quantitative estimate of drug-likeness (QED) is 0.385. The summed E-state index contributed by atoms with van der Waals surface area (Å²) in [4.78, 5) is 17.4. The van der Waals surface area contributed by atoms with Gasteiger partial charge in [0, 0.05) is 11.8 Å². The Labute approximate surface area is 188 Å². The summed E-state index contributed by atoms with van der Waals surface area (Å²) in [6.07, 6.45) is 5.17.